The van der Waals surface area contributed by atoms with Crippen LogP contribution in [0.5, 0.6) is 0 Å². The number of rotatable bonds is 5. The summed E-state index contributed by atoms with van der Waals surface area (Å²) >= 11 is 0. The Morgan fingerprint density at radius 3 is 1.55 bits per heavy atom. The number of hydrogen-bond donors (Lipinski definition) is 3. The predicted molar refractivity (Wildman–Crippen MR) is 74.2 cm³/mol. The summed E-state index contributed by atoms with van der Waals surface area (Å²) in [6, 6.07) is 0. The molecule has 0 aromatic rings. The third-order valence-corrected chi connectivity index (χ3v) is 2.74. The molecule has 0 bridgehead atoms. The van der Waals surface area contributed by atoms with E-state index < -0.39 is 23.9 Å². The molecule has 0 saturated heterocycles. The van der Waals surface area contributed by atoms with Crippen molar-refractivity contribution in [1.29, 1.82) is 0 Å². The molecule has 0 aromatic carbocycles. The molecule has 0 spiro atoms. The van der Waals surface area contributed by atoms with E-state index in [1.165, 1.54) is 0 Å². The fraction of sp³-hybridized carbons (Fsp3) is 0.429. The fourth-order valence-electron chi connectivity index (χ4n) is 1.78. The van der Waals surface area contributed by atoms with Gasteiger partial charge in [-0.3, -0.25) is 0 Å². The molecule has 1 aliphatic rings. The lowest BCUT2D eigenvalue weighted by atomic mass is 10.1. The number of ether oxygens (including phenoxy) is 1. The number of carboxylic acids is 3. The number of carbonyl (C=O) groups excluding carboxylic acids is 1. The second-order valence-electron chi connectivity index (χ2n) is 4.76. The van der Waals surface area contributed by atoms with Gasteiger partial charge in [-0.25, -0.2) is 19.2 Å². The number of aliphatic carboxylic acids is 3. The Hall–Kier alpha value is -2.64. The molecule has 8 heteroatoms. The van der Waals surface area contributed by atoms with Gasteiger partial charge in [0.1, 0.15) is 5.60 Å². The Labute approximate surface area is 126 Å². The van der Waals surface area contributed by atoms with Crippen molar-refractivity contribution in [2.45, 2.75) is 38.2 Å². The normalized spacial score (nSPS) is 16.0. The van der Waals surface area contributed by atoms with Crippen molar-refractivity contribution >= 4 is 23.9 Å². The second-order valence-corrected chi connectivity index (χ2v) is 4.76. The standard InChI is InChI=1S/C10H14O4.C4H4O4/c1-10(6-2-3-7-10)14-9(13)5-4-8(11)12;5-3(6)1-2-4(7)8/h4-5H,2-3,6-7H2,1H3,(H,11,12);1-2H,(H,5,6)(H,7,8)/b5-4+;2-1+. The van der Waals surface area contributed by atoms with Crippen LogP contribution < -0.4 is 0 Å². The van der Waals surface area contributed by atoms with Crippen molar-refractivity contribution in [1.82, 2.24) is 0 Å². The molecule has 0 atom stereocenters. The molecule has 1 saturated carbocycles. The predicted octanol–water partition coefficient (Wildman–Crippen LogP) is 1.21. The van der Waals surface area contributed by atoms with Gasteiger partial charge in [-0.05, 0) is 32.6 Å². The summed E-state index contributed by atoms with van der Waals surface area (Å²) in [6.45, 7) is 1.88. The van der Waals surface area contributed by atoms with Gasteiger partial charge in [-0.1, -0.05) is 0 Å². The highest BCUT2D eigenvalue weighted by atomic mass is 16.6. The number of carboxylic acid groups (broad SMARTS) is 3. The zero-order chi connectivity index (χ0) is 17.2. The van der Waals surface area contributed by atoms with Crippen molar-refractivity contribution in [2.24, 2.45) is 0 Å². The van der Waals surface area contributed by atoms with Crippen LogP contribution in [0, 0.1) is 0 Å². The maximum atomic E-state index is 11.1. The van der Waals surface area contributed by atoms with Gasteiger partial charge in [-0.15, -0.1) is 0 Å². The Morgan fingerprint density at radius 2 is 1.18 bits per heavy atom. The first-order chi connectivity index (χ1) is 10.1. The first-order valence-corrected chi connectivity index (χ1v) is 6.42. The van der Waals surface area contributed by atoms with Crippen LogP contribution >= 0.6 is 0 Å². The van der Waals surface area contributed by atoms with Crippen LogP contribution in [0.15, 0.2) is 24.3 Å². The molecule has 3 N–H and O–H groups in total. The SMILES string of the molecule is CC1(OC(=O)/C=C/C(=O)O)CCCC1.O=C(O)/C=C/C(=O)O. The minimum Gasteiger partial charge on any atom is -0.478 e. The maximum absolute atomic E-state index is 11.1. The summed E-state index contributed by atoms with van der Waals surface area (Å²) < 4.78 is 5.16. The van der Waals surface area contributed by atoms with Crippen molar-refractivity contribution < 1.29 is 39.2 Å². The minimum atomic E-state index is -1.26. The third-order valence-electron chi connectivity index (χ3n) is 2.74. The van der Waals surface area contributed by atoms with Crippen LogP contribution in [0.2, 0.25) is 0 Å². The summed E-state index contributed by atoms with van der Waals surface area (Å²) in [6.07, 6.45) is 6.70. The molecule has 0 amide bonds. The highest BCUT2D eigenvalue weighted by Crippen LogP contribution is 2.32. The minimum absolute atomic E-state index is 0.389. The fourth-order valence-corrected chi connectivity index (χ4v) is 1.78. The van der Waals surface area contributed by atoms with Crippen molar-refractivity contribution in [3.63, 3.8) is 0 Å². The highest BCUT2D eigenvalue weighted by molar-refractivity contribution is 5.91. The maximum Gasteiger partial charge on any atom is 0.331 e. The summed E-state index contributed by atoms with van der Waals surface area (Å²) in [4.78, 5) is 40.4. The molecular formula is C14H18O8. The first kappa shape index (κ1) is 19.4. The quantitative estimate of drug-likeness (QED) is 0.508. The van der Waals surface area contributed by atoms with E-state index in [4.69, 9.17) is 20.1 Å². The molecule has 0 aromatic heterocycles. The van der Waals surface area contributed by atoms with Gasteiger partial charge in [0, 0.05) is 24.3 Å². The van der Waals surface area contributed by atoms with E-state index in [1.54, 1.807) is 0 Å². The zero-order valence-corrected chi connectivity index (χ0v) is 12.0. The smallest absolute Gasteiger partial charge is 0.331 e. The Morgan fingerprint density at radius 1 is 0.818 bits per heavy atom. The van der Waals surface area contributed by atoms with Gasteiger partial charge in [0.2, 0.25) is 0 Å². The molecule has 0 unspecified atom stereocenters. The van der Waals surface area contributed by atoms with Gasteiger partial charge in [0.25, 0.3) is 0 Å². The average Bonchev–Trinajstić information content (AvgIpc) is 2.81. The summed E-state index contributed by atoms with van der Waals surface area (Å²) in [5.41, 5.74) is -0.389. The lowest BCUT2D eigenvalue weighted by Gasteiger charge is -2.22. The monoisotopic (exact) mass is 314 g/mol. The van der Waals surface area contributed by atoms with Crippen LogP contribution in [0.1, 0.15) is 32.6 Å². The molecular weight excluding hydrogens is 296 g/mol. The zero-order valence-electron chi connectivity index (χ0n) is 12.0. The van der Waals surface area contributed by atoms with E-state index in [0.29, 0.717) is 12.2 Å². The van der Waals surface area contributed by atoms with E-state index in [2.05, 4.69) is 0 Å². The summed E-state index contributed by atoms with van der Waals surface area (Å²) in [5, 5.41) is 23.9. The van der Waals surface area contributed by atoms with E-state index in [1.807, 2.05) is 6.92 Å². The van der Waals surface area contributed by atoms with Crippen LogP contribution in [0.25, 0.3) is 0 Å². The van der Waals surface area contributed by atoms with E-state index in [9.17, 15) is 19.2 Å². The van der Waals surface area contributed by atoms with Gasteiger partial charge >= 0.3 is 23.9 Å². The molecule has 22 heavy (non-hydrogen) atoms. The van der Waals surface area contributed by atoms with Crippen molar-refractivity contribution in [3.05, 3.63) is 24.3 Å². The largest absolute Gasteiger partial charge is 0.478 e. The Kier molecular flexibility index (Phi) is 8.21. The summed E-state index contributed by atoms with van der Waals surface area (Å²) in [7, 11) is 0. The molecule has 122 valence electrons. The topological polar surface area (TPSA) is 138 Å². The molecule has 0 radical (unpaired) electrons. The van der Waals surface area contributed by atoms with Crippen LogP contribution in [-0.4, -0.2) is 44.8 Å². The van der Waals surface area contributed by atoms with Crippen molar-refractivity contribution in [2.75, 3.05) is 0 Å². The van der Waals surface area contributed by atoms with Crippen LogP contribution in [-0.2, 0) is 23.9 Å². The molecule has 0 heterocycles. The van der Waals surface area contributed by atoms with Crippen LogP contribution in [0.4, 0.5) is 0 Å². The molecule has 1 fully saturated rings. The lowest BCUT2D eigenvalue weighted by Crippen LogP contribution is -2.27. The van der Waals surface area contributed by atoms with E-state index >= 15 is 0 Å². The number of esters is 1. The summed E-state index contributed by atoms with van der Waals surface area (Å²) in [5.74, 6) is -4.23. The third kappa shape index (κ3) is 10.2. The average molecular weight is 314 g/mol. The van der Waals surface area contributed by atoms with E-state index in [0.717, 1.165) is 37.8 Å². The van der Waals surface area contributed by atoms with Gasteiger partial charge < -0.3 is 20.1 Å². The number of hydrogen-bond acceptors (Lipinski definition) is 5. The second kappa shape index (κ2) is 9.32. The molecule has 1 aliphatic carbocycles. The molecule has 1 rings (SSSR count). The van der Waals surface area contributed by atoms with Gasteiger partial charge in [-0.2, -0.15) is 0 Å². The van der Waals surface area contributed by atoms with Gasteiger partial charge in [0.05, 0.1) is 0 Å². The van der Waals surface area contributed by atoms with Gasteiger partial charge in [0.15, 0.2) is 0 Å². The van der Waals surface area contributed by atoms with Crippen LogP contribution in [0.3, 0.4) is 0 Å². The van der Waals surface area contributed by atoms with Crippen molar-refractivity contribution in [3.8, 4) is 0 Å². The number of carbonyl (C=O) groups is 4. The molecule has 8 nitrogen and oxygen atoms in total. The lowest BCUT2D eigenvalue weighted by molar-refractivity contribution is -0.151. The Balaban J connectivity index is 0.000000472. The Bertz CT molecular complexity index is 467. The van der Waals surface area contributed by atoms with E-state index in [-0.39, 0.29) is 5.60 Å². The highest BCUT2D eigenvalue weighted by Gasteiger charge is 2.31. The first-order valence-electron chi connectivity index (χ1n) is 6.42. The molecule has 0 aliphatic heterocycles.